The van der Waals surface area contributed by atoms with Gasteiger partial charge in [0, 0.05) is 12.6 Å². The van der Waals surface area contributed by atoms with Crippen LogP contribution in [-0.4, -0.2) is 10.9 Å². The number of nitrogens with zero attached hydrogens (tertiary/aromatic N) is 1. The molecule has 0 aliphatic heterocycles. The van der Waals surface area contributed by atoms with Gasteiger partial charge in [-0.15, -0.1) is 11.3 Å². The van der Waals surface area contributed by atoms with Gasteiger partial charge in [0.15, 0.2) is 0 Å². The van der Waals surface area contributed by atoms with Crippen molar-refractivity contribution in [3.8, 4) is 0 Å². The second-order valence-electron chi connectivity index (χ2n) is 5.16. The number of carbonyl (C=O) groups is 1. The van der Waals surface area contributed by atoms with Gasteiger partial charge in [0.25, 0.3) is 0 Å². The normalized spacial score (nSPS) is 11.2. The highest BCUT2D eigenvalue weighted by atomic mass is 32.1. The smallest absolute Gasteiger partial charge is 0.221 e. The number of hydrogen-bond donors (Lipinski definition) is 1. The van der Waals surface area contributed by atoms with Crippen molar-refractivity contribution >= 4 is 45.3 Å². The summed E-state index contributed by atoms with van der Waals surface area (Å²) in [4.78, 5) is 15.6. The Morgan fingerprint density at radius 2 is 1.91 bits per heavy atom. The van der Waals surface area contributed by atoms with Crippen LogP contribution in [-0.2, 0) is 4.79 Å². The molecule has 0 bridgehead atoms. The number of fused-ring (bicyclic) bond motifs is 1. The van der Waals surface area contributed by atoms with Gasteiger partial charge < -0.3 is 5.32 Å². The number of aromatic nitrogens is 1. The zero-order valence-corrected chi connectivity index (χ0v) is 13.3. The standard InChI is InChI=1S/C18H16N2OS/c1-12-3-9-17-16(11-12)20-18(22-17)10-6-14-4-7-15(8-5-14)19-13(2)21/h3-11H,1-2H3,(H,19,21). The molecular formula is C18H16N2OS. The molecule has 0 spiro atoms. The number of thiazole rings is 1. The van der Waals surface area contributed by atoms with E-state index in [-0.39, 0.29) is 5.91 Å². The molecule has 0 aliphatic rings. The molecule has 0 fully saturated rings. The summed E-state index contributed by atoms with van der Waals surface area (Å²) >= 11 is 1.68. The topological polar surface area (TPSA) is 42.0 Å². The van der Waals surface area contributed by atoms with Crippen LogP contribution in [0, 0.1) is 6.92 Å². The van der Waals surface area contributed by atoms with Crippen LogP contribution in [0.25, 0.3) is 22.4 Å². The van der Waals surface area contributed by atoms with Crippen molar-refractivity contribution in [1.29, 1.82) is 0 Å². The summed E-state index contributed by atoms with van der Waals surface area (Å²) in [5.41, 5.74) is 4.15. The summed E-state index contributed by atoms with van der Waals surface area (Å²) in [5.74, 6) is -0.0620. The van der Waals surface area contributed by atoms with E-state index in [2.05, 4.69) is 35.4 Å². The largest absolute Gasteiger partial charge is 0.326 e. The molecule has 110 valence electrons. The third-order valence-corrected chi connectivity index (χ3v) is 4.21. The maximum Gasteiger partial charge on any atom is 0.221 e. The molecule has 0 saturated heterocycles. The van der Waals surface area contributed by atoms with E-state index >= 15 is 0 Å². The first-order chi connectivity index (χ1) is 10.6. The first-order valence-electron chi connectivity index (χ1n) is 7.03. The van der Waals surface area contributed by atoms with Crippen LogP contribution >= 0.6 is 11.3 Å². The molecule has 0 atom stereocenters. The van der Waals surface area contributed by atoms with Gasteiger partial charge in [-0.1, -0.05) is 24.3 Å². The average molecular weight is 308 g/mol. The van der Waals surface area contributed by atoms with Crippen molar-refractivity contribution in [2.24, 2.45) is 0 Å². The average Bonchev–Trinajstić information content (AvgIpc) is 2.88. The molecular weight excluding hydrogens is 292 g/mol. The van der Waals surface area contributed by atoms with Crippen molar-refractivity contribution in [3.63, 3.8) is 0 Å². The number of carbonyl (C=O) groups excluding carboxylic acids is 1. The molecule has 1 amide bonds. The lowest BCUT2D eigenvalue weighted by molar-refractivity contribution is -0.114. The molecule has 22 heavy (non-hydrogen) atoms. The highest BCUT2D eigenvalue weighted by Gasteiger charge is 2.01. The van der Waals surface area contributed by atoms with E-state index in [1.165, 1.54) is 17.2 Å². The third-order valence-electron chi connectivity index (χ3n) is 3.21. The minimum absolute atomic E-state index is 0.0620. The van der Waals surface area contributed by atoms with Crippen molar-refractivity contribution in [3.05, 3.63) is 58.6 Å². The predicted octanol–water partition coefficient (Wildman–Crippen LogP) is 4.73. The first-order valence-corrected chi connectivity index (χ1v) is 7.85. The Labute approximate surface area is 133 Å². The molecule has 1 heterocycles. The van der Waals surface area contributed by atoms with E-state index in [1.807, 2.05) is 36.4 Å². The predicted molar refractivity (Wildman–Crippen MR) is 94.0 cm³/mol. The third kappa shape index (κ3) is 3.40. The summed E-state index contributed by atoms with van der Waals surface area (Å²) in [6.45, 7) is 3.58. The Morgan fingerprint density at radius 1 is 1.14 bits per heavy atom. The molecule has 0 saturated carbocycles. The van der Waals surface area contributed by atoms with E-state index in [1.54, 1.807) is 11.3 Å². The number of aryl methyl sites for hydroxylation is 1. The van der Waals surface area contributed by atoms with Crippen molar-refractivity contribution < 1.29 is 4.79 Å². The van der Waals surface area contributed by atoms with Gasteiger partial charge >= 0.3 is 0 Å². The van der Waals surface area contributed by atoms with Gasteiger partial charge in [0.05, 0.1) is 10.2 Å². The summed E-state index contributed by atoms with van der Waals surface area (Å²) < 4.78 is 1.20. The maximum absolute atomic E-state index is 11.0. The Kier molecular flexibility index (Phi) is 4.02. The van der Waals surface area contributed by atoms with Crippen molar-refractivity contribution in [2.45, 2.75) is 13.8 Å². The molecule has 1 N–H and O–H groups in total. The van der Waals surface area contributed by atoms with E-state index in [9.17, 15) is 4.79 Å². The first kappa shape index (κ1) is 14.5. The van der Waals surface area contributed by atoms with Gasteiger partial charge in [-0.2, -0.15) is 0 Å². The quantitative estimate of drug-likeness (QED) is 0.759. The monoisotopic (exact) mass is 308 g/mol. The summed E-state index contributed by atoms with van der Waals surface area (Å²) in [5, 5.41) is 3.75. The number of hydrogen-bond acceptors (Lipinski definition) is 3. The van der Waals surface area contributed by atoms with Gasteiger partial charge in [-0.25, -0.2) is 4.98 Å². The second-order valence-corrected chi connectivity index (χ2v) is 6.22. The van der Waals surface area contributed by atoms with Gasteiger partial charge in [0.2, 0.25) is 5.91 Å². The molecule has 0 aliphatic carbocycles. The molecule has 1 aromatic heterocycles. The summed E-state index contributed by atoms with van der Waals surface area (Å²) in [6.07, 6.45) is 4.05. The fourth-order valence-electron chi connectivity index (χ4n) is 2.17. The molecule has 3 aromatic rings. The zero-order chi connectivity index (χ0) is 15.5. The zero-order valence-electron chi connectivity index (χ0n) is 12.5. The Balaban J connectivity index is 1.78. The number of benzene rings is 2. The highest BCUT2D eigenvalue weighted by Crippen LogP contribution is 2.24. The number of nitrogens with one attached hydrogen (secondary N) is 1. The van der Waals surface area contributed by atoms with Crippen LogP contribution in [0.15, 0.2) is 42.5 Å². The maximum atomic E-state index is 11.0. The van der Waals surface area contributed by atoms with Gasteiger partial charge in [-0.05, 0) is 48.4 Å². The molecule has 3 nitrogen and oxygen atoms in total. The van der Waals surface area contributed by atoms with Gasteiger partial charge in [0.1, 0.15) is 5.01 Å². The van der Waals surface area contributed by atoms with E-state index in [0.29, 0.717) is 0 Å². The van der Waals surface area contributed by atoms with E-state index in [4.69, 9.17) is 0 Å². The van der Waals surface area contributed by atoms with Crippen LogP contribution in [0.4, 0.5) is 5.69 Å². The highest BCUT2D eigenvalue weighted by molar-refractivity contribution is 7.19. The minimum atomic E-state index is -0.0620. The van der Waals surface area contributed by atoms with E-state index in [0.717, 1.165) is 21.8 Å². The Hall–Kier alpha value is -2.46. The second kappa shape index (κ2) is 6.12. The number of rotatable bonds is 3. The lowest BCUT2D eigenvalue weighted by Crippen LogP contribution is -2.05. The summed E-state index contributed by atoms with van der Waals surface area (Å²) in [7, 11) is 0. The van der Waals surface area contributed by atoms with Crippen LogP contribution in [0.2, 0.25) is 0 Å². The SMILES string of the molecule is CC(=O)Nc1ccc(C=Cc2nc3cc(C)ccc3s2)cc1. The molecule has 4 heteroatoms. The minimum Gasteiger partial charge on any atom is -0.326 e. The molecule has 3 rings (SSSR count). The lowest BCUT2D eigenvalue weighted by Gasteiger charge is -2.01. The van der Waals surface area contributed by atoms with Crippen molar-refractivity contribution in [1.82, 2.24) is 4.98 Å². The fourth-order valence-corrected chi connectivity index (χ4v) is 3.03. The summed E-state index contributed by atoms with van der Waals surface area (Å²) in [6, 6.07) is 14.0. The fraction of sp³-hybridized carbons (Fsp3) is 0.111. The lowest BCUT2D eigenvalue weighted by atomic mass is 10.2. The van der Waals surface area contributed by atoms with Crippen molar-refractivity contribution in [2.75, 3.05) is 5.32 Å². The van der Waals surface area contributed by atoms with E-state index < -0.39 is 0 Å². The molecule has 0 unspecified atom stereocenters. The van der Waals surface area contributed by atoms with Crippen LogP contribution < -0.4 is 5.32 Å². The van der Waals surface area contributed by atoms with Crippen LogP contribution in [0.3, 0.4) is 0 Å². The van der Waals surface area contributed by atoms with Crippen LogP contribution in [0.5, 0.6) is 0 Å². The Morgan fingerprint density at radius 3 is 2.64 bits per heavy atom. The Bertz CT molecular complexity index is 847. The van der Waals surface area contributed by atoms with Gasteiger partial charge in [-0.3, -0.25) is 4.79 Å². The van der Waals surface area contributed by atoms with Crippen LogP contribution in [0.1, 0.15) is 23.1 Å². The molecule has 2 aromatic carbocycles. The number of amides is 1. The number of anilines is 1. The molecule has 0 radical (unpaired) electrons.